The van der Waals surface area contributed by atoms with Gasteiger partial charge in [-0.05, 0) is 34.9 Å². The molecule has 2 aromatic carbocycles. The van der Waals surface area contributed by atoms with Gasteiger partial charge in [-0.15, -0.1) is 0 Å². The van der Waals surface area contributed by atoms with Gasteiger partial charge in [0.2, 0.25) is 0 Å². The summed E-state index contributed by atoms with van der Waals surface area (Å²) < 4.78 is 0. The molecule has 3 nitrogen and oxygen atoms in total. The molecule has 3 rings (SSSR count). The van der Waals surface area contributed by atoms with Crippen LogP contribution in [0.3, 0.4) is 0 Å². The van der Waals surface area contributed by atoms with Crippen molar-refractivity contribution in [2.75, 3.05) is 0 Å². The molecule has 0 fully saturated rings. The van der Waals surface area contributed by atoms with Gasteiger partial charge < -0.3 is 5.11 Å². The molecule has 1 N–H and O–H groups in total. The molecule has 0 unspecified atom stereocenters. The van der Waals surface area contributed by atoms with E-state index in [0.717, 1.165) is 23.7 Å². The second kappa shape index (κ2) is 5.27. The Bertz CT molecular complexity index is 669. The van der Waals surface area contributed by atoms with Crippen molar-refractivity contribution in [2.24, 2.45) is 0 Å². The lowest BCUT2D eigenvalue weighted by atomic mass is 10.1. The Labute approximate surface area is 122 Å². The zero-order chi connectivity index (χ0) is 14.1. The molecule has 1 aliphatic heterocycles. The standard InChI is InChI=1S/C16H14ClNO2/c17-14-6-5-11-8-18(10-13(11)7-14)9-12-3-1-2-4-15(12)16(19)20/h1-7H,8-10H2,(H,19,20). The minimum absolute atomic E-state index is 0.376. The second-order valence-corrected chi connectivity index (χ2v) is 5.46. The summed E-state index contributed by atoms with van der Waals surface area (Å²) in [6, 6.07) is 13.1. The van der Waals surface area contributed by atoms with Crippen LogP contribution in [0.5, 0.6) is 0 Å². The Kier molecular flexibility index (Phi) is 3.47. The summed E-state index contributed by atoms with van der Waals surface area (Å²) in [5.74, 6) is -0.875. The Hall–Kier alpha value is -1.84. The average Bonchev–Trinajstić information content (AvgIpc) is 2.80. The zero-order valence-electron chi connectivity index (χ0n) is 10.8. The number of carbonyl (C=O) groups is 1. The van der Waals surface area contributed by atoms with Crippen LogP contribution in [0.2, 0.25) is 5.02 Å². The fourth-order valence-corrected chi connectivity index (χ4v) is 2.85. The van der Waals surface area contributed by atoms with E-state index < -0.39 is 5.97 Å². The first-order chi connectivity index (χ1) is 9.63. The molecule has 0 atom stereocenters. The number of rotatable bonds is 3. The van der Waals surface area contributed by atoms with Gasteiger partial charge in [-0.3, -0.25) is 4.90 Å². The molecule has 0 saturated heterocycles. The number of carboxylic acid groups (broad SMARTS) is 1. The number of carboxylic acids is 1. The lowest BCUT2D eigenvalue weighted by Crippen LogP contribution is -2.17. The van der Waals surface area contributed by atoms with Crippen LogP contribution in [-0.4, -0.2) is 16.0 Å². The minimum Gasteiger partial charge on any atom is -0.478 e. The van der Waals surface area contributed by atoms with Crippen molar-refractivity contribution in [3.63, 3.8) is 0 Å². The normalized spacial score (nSPS) is 14.2. The minimum atomic E-state index is -0.875. The molecule has 0 saturated carbocycles. The highest BCUT2D eigenvalue weighted by atomic mass is 35.5. The highest BCUT2D eigenvalue weighted by molar-refractivity contribution is 6.30. The van der Waals surface area contributed by atoms with Crippen molar-refractivity contribution < 1.29 is 9.90 Å². The van der Waals surface area contributed by atoms with Crippen molar-refractivity contribution in [2.45, 2.75) is 19.6 Å². The van der Waals surface area contributed by atoms with Gasteiger partial charge in [-0.25, -0.2) is 4.79 Å². The van der Waals surface area contributed by atoms with Crippen LogP contribution in [0, 0.1) is 0 Å². The molecule has 0 spiro atoms. The van der Waals surface area contributed by atoms with Gasteiger partial charge in [0.05, 0.1) is 5.56 Å². The van der Waals surface area contributed by atoms with Gasteiger partial charge in [-0.1, -0.05) is 35.9 Å². The zero-order valence-corrected chi connectivity index (χ0v) is 11.6. The second-order valence-electron chi connectivity index (χ2n) is 5.02. The summed E-state index contributed by atoms with van der Waals surface area (Å²) in [6.45, 7) is 2.28. The van der Waals surface area contributed by atoms with Crippen molar-refractivity contribution >= 4 is 17.6 Å². The fraction of sp³-hybridized carbons (Fsp3) is 0.188. The van der Waals surface area contributed by atoms with Gasteiger partial charge in [-0.2, -0.15) is 0 Å². The third-order valence-corrected chi connectivity index (χ3v) is 3.83. The van der Waals surface area contributed by atoms with E-state index in [0.29, 0.717) is 12.1 Å². The quantitative estimate of drug-likeness (QED) is 0.938. The topological polar surface area (TPSA) is 40.5 Å². The predicted octanol–water partition coefficient (Wildman–Crippen LogP) is 3.55. The number of benzene rings is 2. The first-order valence-corrected chi connectivity index (χ1v) is 6.82. The van der Waals surface area contributed by atoms with Crippen LogP contribution >= 0.6 is 11.6 Å². The van der Waals surface area contributed by atoms with Gasteiger partial charge in [0.1, 0.15) is 0 Å². The molecule has 102 valence electrons. The van der Waals surface area contributed by atoms with E-state index in [2.05, 4.69) is 4.90 Å². The van der Waals surface area contributed by atoms with Gasteiger partial charge in [0.25, 0.3) is 0 Å². The predicted molar refractivity (Wildman–Crippen MR) is 77.8 cm³/mol. The monoisotopic (exact) mass is 287 g/mol. The maximum atomic E-state index is 11.2. The number of aromatic carboxylic acids is 1. The SMILES string of the molecule is O=C(O)c1ccccc1CN1Cc2ccc(Cl)cc2C1. The van der Waals surface area contributed by atoms with Crippen LogP contribution in [0.1, 0.15) is 27.0 Å². The molecule has 4 heteroatoms. The highest BCUT2D eigenvalue weighted by Crippen LogP contribution is 2.27. The van der Waals surface area contributed by atoms with Crippen LogP contribution in [-0.2, 0) is 19.6 Å². The summed E-state index contributed by atoms with van der Waals surface area (Å²) in [6.07, 6.45) is 0. The largest absolute Gasteiger partial charge is 0.478 e. The van der Waals surface area contributed by atoms with Crippen molar-refractivity contribution in [1.82, 2.24) is 4.90 Å². The Morgan fingerprint density at radius 3 is 2.70 bits per heavy atom. The molecule has 0 aliphatic carbocycles. The van der Waals surface area contributed by atoms with E-state index in [1.807, 2.05) is 30.3 Å². The maximum Gasteiger partial charge on any atom is 0.336 e. The lowest BCUT2D eigenvalue weighted by Gasteiger charge is -2.16. The third-order valence-electron chi connectivity index (χ3n) is 3.60. The number of nitrogens with zero attached hydrogens (tertiary/aromatic N) is 1. The lowest BCUT2D eigenvalue weighted by molar-refractivity contribution is 0.0694. The van der Waals surface area contributed by atoms with E-state index >= 15 is 0 Å². The summed E-state index contributed by atoms with van der Waals surface area (Å²) in [5, 5.41) is 9.96. The number of hydrogen-bond acceptors (Lipinski definition) is 2. The fourth-order valence-electron chi connectivity index (χ4n) is 2.65. The van der Waals surface area contributed by atoms with Crippen molar-refractivity contribution in [3.05, 3.63) is 69.7 Å². The van der Waals surface area contributed by atoms with Crippen molar-refractivity contribution in [1.29, 1.82) is 0 Å². The Morgan fingerprint density at radius 1 is 1.15 bits per heavy atom. The maximum absolute atomic E-state index is 11.2. The van der Waals surface area contributed by atoms with E-state index in [-0.39, 0.29) is 0 Å². The first kappa shape index (κ1) is 13.2. The van der Waals surface area contributed by atoms with Crippen molar-refractivity contribution in [3.8, 4) is 0 Å². The van der Waals surface area contributed by atoms with E-state index in [1.165, 1.54) is 11.1 Å². The molecule has 2 aromatic rings. The molecular formula is C16H14ClNO2. The molecule has 0 radical (unpaired) electrons. The van der Waals surface area contributed by atoms with Crippen LogP contribution in [0.15, 0.2) is 42.5 Å². The summed E-state index contributed by atoms with van der Waals surface area (Å²) in [5.41, 5.74) is 3.72. The number of hydrogen-bond donors (Lipinski definition) is 1. The molecule has 0 bridgehead atoms. The molecule has 0 aromatic heterocycles. The molecule has 0 amide bonds. The molecule has 1 aliphatic rings. The van der Waals surface area contributed by atoms with Gasteiger partial charge in [0.15, 0.2) is 0 Å². The van der Waals surface area contributed by atoms with E-state index in [4.69, 9.17) is 11.6 Å². The summed E-state index contributed by atoms with van der Waals surface area (Å²) in [4.78, 5) is 13.4. The first-order valence-electron chi connectivity index (χ1n) is 6.44. The Morgan fingerprint density at radius 2 is 1.90 bits per heavy atom. The molecule has 1 heterocycles. The van der Waals surface area contributed by atoms with E-state index in [9.17, 15) is 9.90 Å². The number of fused-ring (bicyclic) bond motifs is 1. The van der Waals surface area contributed by atoms with Gasteiger partial charge >= 0.3 is 5.97 Å². The summed E-state index contributed by atoms with van der Waals surface area (Å²) >= 11 is 6.00. The number of halogens is 1. The Balaban J connectivity index is 1.80. The average molecular weight is 288 g/mol. The molecular weight excluding hydrogens is 274 g/mol. The van der Waals surface area contributed by atoms with Crippen LogP contribution in [0.4, 0.5) is 0 Å². The van der Waals surface area contributed by atoms with Gasteiger partial charge in [0, 0.05) is 24.7 Å². The summed E-state index contributed by atoms with van der Waals surface area (Å²) in [7, 11) is 0. The highest BCUT2D eigenvalue weighted by Gasteiger charge is 2.20. The van der Waals surface area contributed by atoms with E-state index in [1.54, 1.807) is 12.1 Å². The van der Waals surface area contributed by atoms with Crippen LogP contribution < -0.4 is 0 Å². The molecule has 20 heavy (non-hydrogen) atoms. The third kappa shape index (κ3) is 2.55. The van der Waals surface area contributed by atoms with Crippen LogP contribution in [0.25, 0.3) is 0 Å². The smallest absolute Gasteiger partial charge is 0.336 e.